The van der Waals surface area contributed by atoms with Gasteiger partial charge in [0.2, 0.25) is 11.9 Å². The number of piperidine rings is 4. The number of hydrogen-bond acceptors (Lipinski definition) is 12. The summed E-state index contributed by atoms with van der Waals surface area (Å²) in [4.78, 5) is 23.7. The monoisotopic (exact) mass is 923 g/mol. The zero-order chi connectivity index (χ0) is 49.0. The average Bonchev–Trinajstić information content (AvgIpc) is 3.11. The summed E-state index contributed by atoms with van der Waals surface area (Å²) in [5.41, 5.74) is 0.816. The lowest BCUT2D eigenvalue weighted by Gasteiger charge is -2.50. The molecule has 0 aliphatic carbocycles. The molecule has 4 aliphatic heterocycles. The maximum absolute atomic E-state index is 5.47. The van der Waals surface area contributed by atoms with Crippen molar-refractivity contribution in [2.24, 2.45) is 0 Å². The van der Waals surface area contributed by atoms with E-state index in [1.807, 2.05) is 7.05 Å². The lowest BCUT2D eigenvalue weighted by atomic mass is 9.79. The molecule has 0 saturated carbocycles. The molecule has 5 heterocycles. The van der Waals surface area contributed by atoms with Gasteiger partial charge in [-0.3, -0.25) is 4.90 Å². The molecular formula is C54H106N12. The molecule has 12 nitrogen and oxygen atoms in total. The third kappa shape index (κ3) is 17.6. The summed E-state index contributed by atoms with van der Waals surface area (Å²) < 4.78 is 0. The summed E-state index contributed by atoms with van der Waals surface area (Å²) in [7, 11) is 4.32. The maximum atomic E-state index is 5.47. The second kappa shape index (κ2) is 21.8. The van der Waals surface area contributed by atoms with Crippen LogP contribution < -0.4 is 36.8 Å². The molecule has 0 bridgehead atoms. The normalized spacial score (nSPS) is 25.0. The van der Waals surface area contributed by atoms with Crippen molar-refractivity contribution in [3.63, 3.8) is 0 Å². The highest BCUT2D eigenvalue weighted by Gasteiger charge is 2.43. The number of nitrogens with one attached hydrogen (secondary N) is 6. The van der Waals surface area contributed by atoms with Crippen molar-refractivity contribution in [3.05, 3.63) is 5.82 Å². The Bertz CT molecular complexity index is 1600. The second-order valence-corrected chi connectivity index (χ2v) is 27.4. The van der Waals surface area contributed by atoms with Gasteiger partial charge < -0.3 is 41.7 Å². The Hall–Kier alpha value is -1.67. The van der Waals surface area contributed by atoms with Crippen LogP contribution in [0.25, 0.3) is 0 Å². The summed E-state index contributed by atoms with van der Waals surface area (Å²) in [6.45, 7) is 42.9. The molecule has 4 saturated heterocycles. The molecule has 4 fully saturated rings. The van der Waals surface area contributed by atoms with E-state index in [1.54, 1.807) is 0 Å². The average molecular weight is 924 g/mol. The van der Waals surface area contributed by atoms with Crippen molar-refractivity contribution < 1.29 is 0 Å². The Labute approximate surface area is 406 Å². The van der Waals surface area contributed by atoms with Crippen LogP contribution in [0.15, 0.2) is 0 Å². The summed E-state index contributed by atoms with van der Waals surface area (Å²) >= 11 is 0. The molecular weight excluding hydrogens is 817 g/mol. The first kappa shape index (κ1) is 55.3. The van der Waals surface area contributed by atoms with Gasteiger partial charge in [0.15, 0.2) is 0 Å². The quantitative estimate of drug-likeness (QED) is 0.0622. The SMILES string of the molecule is CNc1nc(CN(CCCCCCNC2CC(C)(C)NC(C)(C)C2)C2CC(C)(C)NC(C)(C)C2)nc(N(CCCCCCN(C)C2CC(C)(C)NC(C)(C)C2)C2CC(C)(C)NC(C)(C)C2)n1. The Morgan fingerprint density at radius 2 is 0.879 bits per heavy atom. The topological polar surface area (TPSA) is 121 Å². The van der Waals surface area contributed by atoms with E-state index in [1.165, 1.54) is 70.6 Å². The van der Waals surface area contributed by atoms with Crippen molar-refractivity contribution in [1.29, 1.82) is 0 Å². The van der Waals surface area contributed by atoms with Gasteiger partial charge in [-0.05, 0) is 215 Å². The molecule has 0 aromatic carbocycles. The lowest BCUT2D eigenvalue weighted by molar-refractivity contribution is 0.0585. The van der Waals surface area contributed by atoms with E-state index in [2.05, 4.69) is 164 Å². The molecule has 12 heteroatoms. The molecule has 0 spiro atoms. The van der Waals surface area contributed by atoms with Crippen LogP contribution in [-0.4, -0.2) is 134 Å². The standard InChI is InChI=1S/C54H106N12/c1-47(2)31-40(32-48(3,4)60-47)56-27-23-19-20-25-29-65(42-35-51(9,10)62-52(11,12)36-42)39-44-57-45(55-17)59-46(58-44)66(43-37-53(13,14)63-54(15,16)38-43)30-26-22-21-24-28-64(18)41-33-49(5,6)61-50(7,8)34-41/h40-43,56,60-63H,19-39H2,1-18H3,(H,55,57,58,59). The van der Waals surface area contributed by atoms with Crippen LogP contribution in [0.5, 0.6) is 0 Å². The van der Waals surface area contributed by atoms with E-state index < -0.39 is 0 Å². The van der Waals surface area contributed by atoms with Gasteiger partial charge >= 0.3 is 0 Å². The Morgan fingerprint density at radius 1 is 0.470 bits per heavy atom. The fraction of sp³-hybridized carbons (Fsp3) is 0.944. The van der Waals surface area contributed by atoms with Gasteiger partial charge in [-0.2, -0.15) is 15.0 Å². The van der Waals surface area contributed by atoms with Crippen LogP contribution in [0, 0.1) is 0 Å². The molecule has 6 N–H and O–H groups in total. The minimum Gasteiger partial charge on any atom is -0.357 e. The van der Waals surface area contributed by atoms with Gasteiger partial charge in [0.05, 0.1) is 6.54 Å². The summed E-state index contributed by atoms with van der Waals surface area (Å²) in [6, 6.07) is 1.98. The Balaban J connectivity index is 1.27. The van der Waals surface area contributed by atoms with Crippen LogP contribution in [0.1, 0.15) is 219 Å². The van der Waals surface area contributed by atoms with Crippen LogP contribution in [0.3, 0.4) is 0 Å². The van der Waals surface area contributed by atoms with Gasteiger partial charge in [-0.25, -0.2) is 0 Å². The van der Waals surface area contributed by atoms with Gasteiger partial charge in [0.1, 0.15) is 5.82 Å². The summed E-state index contributed by atoms with van der Waals surface area (Å²) in [5.74, 6) is 2.41. The molecule has 0 unspecified atom stereocenters. The summed E-state index contributed by atoms with van der Waals surface area (Å²) in [5, 5.41) is 22.9. The first-order valence-corrected chi connectivity index (χ1v) is 26.9. The Kier molecular flexibility index (Phi) is 18.2. The predicted octanol–water partition coefficient (Wildman–Crippen LogP) is 9.40. The predicted molar refractivity (Wildman–Crippen MR) is 282 cm³/mol. The molecule has 5 rings (SSSR count). The minimum atomic E-state index is 0.0113. The molecule has 66 heavy (non-hydrogen) atoms. The number of hydrogen-bond donors (Lipinski definition) is 6. The first-order valence-electron chi connectivity index (χ1n) is 26.9. The van der Waals surface area contributed by atoms with E-state index in [0.29, 0.717) is 30.1 Å². The molecule has 4 aliphatic rings. The van der Waals surface area contributed by atoms with Crippen molar-refractivity contribution in [2.75, 3.05) is 50.5 Å². The number of nitrogens with zero attached hydrogens (tertiary/aromatic N) is 6. The fourth-order valence-corrected chi connectivity index (χ4v) is 14.1. The molecule has 0 amide bonds. The van der Waals surface area contributed by atoms with Crippen LogP contribution in [0.2, 0.25) is 0 Å². The zero-order valence-corrected chi connectivity index (χ0v) is 46.3. The van der Waals surface area contributed by atoms with Gasteiger partial charge in [-0.15, -0.1) is 0 Å². The Morgan fingerprint density at radius 3 is 1.36 bits per heavy atom. The maximum Gasteiger partial charge on any atom is 0.230 e. The van der Waals surface area contributed by atoms with Crippen LogP contribution in [-0.2, 0) is 6.54 Å². The molecule has 1 aromatic rings. The fourth-order valence-electron chi connectivity index (χ4n) is 14.1. The molecule has 1 aromatic heterocycles. The highest BCUT2D eigenvalue weighted by atomic mass is 15.3. The van der Waals surface area contributed by atoms with Crippen LogP contribution >= 0.6 is 0 Å². The number of anilines is 2. The second-order valence-electron chi connectivity index (χ2n) is 27.4. The highest BCUT2D eigenvalue weighted by Crippen LogP contribution is 2.36. The lowest BCUT2D eigenvalue weighted by Crippen LogP contribution is -2.62. The van der Waals surface area contributed by atoms with E-state index >= 15 is 0 Å². The van der Waals surface area contributed by atoms with Crippen molar-refractivity contribution in [2.45, 2.75) is 289 Å². The third-order valence-corrected chi connectivity index (χ3v) is 15.2. The third-order valence-electron chi connectivity index (χ3n) is 15.2. The molecule has 0 radical (unpaired) electrons. The van der Waals surface area contributed by atoms with Crippen molar-refractivity contribution >= 4 is 11.9 Å². The van der Waals surface area contributed by atoms with Gasteiger partial charge in [0, 0.05) is 82.1 Å². The van der Waals surface area contributed by atoms with E-state index in [4.69, 9.17) is 15.0 Å². The van der Waals surface area contributed by atoms with E-state index in [9.17, 15) is 0 Å². The highest BCUT2D eigenvalue weighted by molar-refractivity contribution is 5.39. The van der Waals surface area contributed by atoms with E-state index in [0.717, 1.165) is 76.6 Å². The zero-order valence-electron chi connectivity index (χ0n) is 46.3. The van der Waals surface area contributed by atoms with Crippen molar-refractivity contribution in [3.8, 4) is 0 Å². The summed E-state index contributed by atoms with van der Waals surface area (Å²) in [6.07, 6.45) is 18.8. The van der Waals surface area contributed by atoms with E-state index in [-0.39, 0.29) is 44.3 Å². The van der Waals surface area contributed by atoms with Crippen molar-refractivity contribution in [1.82, 2.24) is 51.3 Å². The first-order chi connectivity index (χ1) is 30.3. The number of unbranched alkanes of at least 4 members (excludes halogenated alkanes) is 6. The number of aromatic nitrogens is 3. The largest absolute Gasteiger partial charge is 0.357 e. The molecule has 0 atom stereocenters. The minimum absolute atomic E-state index is 0.0113. The van der Waals surface area contributed by atoms with Gasteiger partial charge in [-0.1, -0.05) is 25.7 Å². The van der Waals surface area contributed by atoms with Crippen LogP contribution in [0.4, 0.5) is 11.9 Å². The molecule has 382 valence electrons. The van der Waals surface area contributed by atoms with Gasteiger partial charge in [0.25, 0.3) is 0 Å². The smallest absolute Gasteiger partial charge is 0.230 e. The number of rotatable bonds is 22.